The molecule has 6 rings (SSSR count). The number of ether oxygens (including phenoxy) is 1. The zero-order valence-corrected chi connectivity index (χ0v) is 27.1. The number of fused-ring (bicyclic) bond motifs is 3. The first kappa shape index (κ1) is 30.1. The zero-order chi connectivity index (χ0) is 31.0. The van der Waals surface area contributed by atoms with Crippen molar-refractivity contribution in [2.75, 3.05) is 36.0 Å². The van der Waals surface area contributed by atoms with Gasteiger partial charge in [0.2, 0.25) is 0 Å². The van der Waals surface area contributed by atoms with Crippen LogP contribution in [-0.2, 0) is 17.8 Å². The van der Waals surface area contributed by atoms with E-state index in [4.69, 9.17) is 4.74 Å². The van der Waals surface area contributed by atoms with Gasteiger partial charge in [0.25, 0.3) is 0 Å². The third kappa shape index (κ3) is 6.04. The van der Waals surface area contributed by atoms with E-state index in [1.165, 1.54) is 22.3 Å². The summed E-state index contributed by atoms with van der Waals surface area (Å²) in [4.78, 5) is 14.5. The average molecular weight is 608 g/mol. The Morgan fingerprint density at radius 1 is 0.932 bits per heavy atom. The fourth-order valence-electron chi connectivity index (χ4n) is 6.66. The third-order valence-corrected chi connectivity index (χ3v) is 9.79. The molecule has 0 unspecified atom stereocenters. The Morgan fingerprint density at radius 3 is 2.27 bits per heavy atom. The topological polar surface area (TPSA) is 65.0 Å². The molecule has 0 bridgehead atoms. The van der Waals surface area contributed by atoms with Crippen molar-refractivity contribution in [2.24, 2.45) is 0 Å². The first-order valence-corrected chi connectivity index (χ1v) is 16.5. The summed E-state index contributed by atoms with van der Waals surface area (Å²) in [5.41, 5.74) is 13.0. The molecule has 4 aromatic carbocycles. The van der Waals surface area contributed by atoms with Crippen molar-refractivity contribution in [3.05, 3.63) is 94.5 Å². The van der Waals surface area contributed by atoms with Crippen molar-refractivity contribution in [1.29, 1.82) is 0 Å². The van der Waals surface area contributed by atoms with Crippen molar-refractivity contribution < 1.29 is 14.6 Å². The lowest BCUT2D eigenvalue weighted by Crippen LogP contribution is -2.35. The molecule has 0 amide bonds. The monoisotopic (exact) mass is 607 g/mol. The molecule has 0 aliphatic carbocycles. The molecule has 0 saturated carbocycles. The van der Waals surface area contributed by atoms with Crippen LogP contribution in [0.2, 0.25) is 0 Å². The molecule has 1 fully saturated rings. The Morgan fingerprint density at radius 2 is 1.61 bits per heavy atom. The van der Waals surface area contributed by atoms with E-state index < -0.39 is 5.97 Å². The molecule has 228 valence electrons. The van der Waals surface area contributed by atoms with Gasteiger partial charge >= 0.3 is 5.97 Å². The highest BCUT2D eigenvalue weighted by molar-refractivity contribution is 7.99. The lowest BCUT2D eigenvalue weighted by molar-refractivity contribution is -0.136. The summed E-state index contributed by atoms with van der Waals surface area (Å²) in [5, 5.41) is 13.5. The Bertz CT molecular complexity index is 1680. The highest BCUT2D eigenvalue weighted by Gasteiger charge is 2.30. The van der Waals surface area contributed by atoms with E-state index in [2.05, 4.69) is 115 Å². The predicted molar refractivity (Wildman–Crippen MR) is 183 cm³/mol. The van der Waals surface area contributed by atoms with Crippen LogP contribution in [0.3, 0.4) is 0 Å². The third-order valence-electron chi connectivity index (χ3n) is 9.04. The van der Waals surface area contributed by atoms with Gasteiger partial charge in [-0.1, -0.05) is 47.8 Å². The zero-order valence-electron chi connectivity index (χ0n) is 26.2. The summed E-state index contributed by atoms with van der Waals surface area (Å²) in [6.45, 7) is 9.21. The molecule has 2 N–H and O–H groups in total. The largest absolute Gasteiger partial charge is 0.490 e. The second-order valence-electron chi connectivity index (χ2n) is 12.1. The molecule has 0 radical (unpaired) electrons. The summed E-state index contributed by atoms with van der Waals surface area (Å²) in [6.07, 6.45) is 4.47. The summed E-state index contributed by atoms with van der Waals surface area (Å²) in [5.74, 6) is 0.0931. The maximum absolute atomic E-state index is 12.1. The molecule has 44 heavy (non-hydrogen) atoms. The molecule has 0 aromatic heterocycles. The van der Waals surface area contributed by atoms with Gasteiger partial charge in [-0.15, -0.1) is 0 Å². The van der Waals surface area contributed by atoms with Gasteiger partial charge in [-0.2, -0.15) is 0 Å². The maximum Gasteiger partial charge on any atom is 0.307 e. The number of nitrogens with one attached hydrogen (secondary N) is 1. The average Bonchev–Trinajstić information content (AvgIpc) is 3.01. The number of carboxylic acid groups (broad SMARTS) is 1. The molecule has 4 aromatic rings. The lowest BCUT2D eigenvalue weighted by atomic mass is 9.81. The molecule has 0 atom stereocenters. The van der Waals surface area contributed by atoms with Gasteiger partial charge in [0.05, 0.1) is 18.7 Å². The van der Waals surface area contributed by atoms with E-state index in [1.807, 2.05) is 0 Å². The number of carboxylic acids is 1. The number of likely N-dealkylation sites (tertiary alicyclic amines) is 1. The van der Waals surface area contributed by atoms with Crippen LogP contribution in [-0.4, -0.2) is 48.5 Å². The SMILES string of the molecule is CSN1Cc2ccc(Nc3ccc(OC4CCN(C)CC4)cc3)cc2-c2c(C)c(-c3ccc(C)cc3)c(CC(=O)O)c(C)c21. The molecular formula is C37H41N3O3S. The van der Waals surface area contributed by atoms with Gasteiger partial charge in [-0.3, -0.25) is 4.79 Å². The number of hydrogen-bond donors (Lipinski definition) is 2. The molecule has 7 heteroatoms. The highest BCUT2D eigenvalue weighted by Crippen LogP contribution is 2.50. The number of anilines is 3. The van der Waals surface area contributed by atoms with E-state index >= 15 is 0 Å². The number of rotatable bonds is 8. The van der Waals surface area contributed by atoms with E-state index in [0.717, 1.165) is 83.1 Å². The number of piperidine rings is 1. The Hall–Kier alpha value is -3.94. The number of hydrogen-bond acceptors (Lipinski definition) is 6. The number of aryl methyl sites for hydroxylation is 1. The van der Waals surface area contributed by atoms with Crippen LogP contribution in [0, 0.1) is 20.8 Å². The van der Waals surface area contributed by atoms with Crippen molar-refractivity contribution in [3.63, 3.8) is 0 Å². The van der Waals surface area contributed by atoms with E-state index in [0.29, 0.717) is 0 Å². The Labute approximate surface area is 265 Å². The van der Waals surface area contributed by atoms with Crippen LogP contribution < -0.4 is 14.4 Å². The quantitative estimate of drug-likeness (QED) is 0.195. The van der Waals surface area contributed by atoms with Crippen LogP contribution in [0.15, 0.2) is 66.7 Å². The van der Waals surface area contributed by atoms with Crippen LogP contribution in [0.5, 0.6) is 5.75 Å². The number of carbonyl (C=O) groups is 1. The molecular weight excluding hydrogens is 566 g/mol. The molecule has 2 aliphatic rings. The molecule has 1 saturated heterocycles. The summed E-state index contributed by atoms with van der Waals surface area (Å²) >= 11 is 1.68. The van der Waals surface area contributed by atoms with Crippen molar-refractivity contribution >= 4 is 35.0 Å². The second-order valence-corrected chi connectivity index (χ2v) is 12.9. The lowest BCUT2D eigenvalue weighted by Gasteiger charge is -2.36. The van der Waals surface area contributed by atoms with Crippen molar-refractivity contribution in [2.45, 2.75) is 52.7 Å². The Balaban J connectivity index is 1.37. The van der Waals surface area contributed by atoms with Gasteiger partial charge in [-0.25, -0.2) is 0 Å². The number of benzene rings is 4. The van der Waals surface area contributed by atoms with Gasteiger partial charge in [0.15, 0.2) is 0 Å². The van der Waals surface area contributed by atoms with E-state index in [1.54, 1.807) is 11.9 Å². The fraction of sp³-hybridized carbons (Fsp3) is 0.324. The maximum atomic E-state index is 12.1. The van der Waals surface area contributed by atoms with Crippen LogP contribution in [0.25, 0.3) is 22.3 Å². The van der Waals surface area contributed by atoms with Crippen molar-refractivity contribution in [3.8, 4) is 28.0 Å². The van der Waals surface area contributed by atoms with Crippen LogP contribution in [0.4, 0.5) is 17.1 Å². The van der Waals surface area contributed by atoms with Gasteiger partial charge in [0, 0.05) is 36.3 Å². The molecule has 6 nitrogen and oxygen atoms in total. The van der Waals surface area contributed by atoms with E-state index in [9.17, 15) is 9.90 Å². The normalized spacial score (nSPS) is 15.1. The molecule has 0 spiro atoms. The first-order chi connectivity index (χ1) is 21.2. The van der Waals surface area contributed by atoms with Gasteiger partial charge in [0.1, 0.15) is 11.9 Å². The first-order valence-electron chi connectivity index (χ1n) is 15.3. The minimum absolute atomic E-state index is 0.0165. The summed E-state index contributed by atoms with van der Waals surface area (Å²) in [6, 6.07) is 23.3. The molecule has 2 aliphatic heterocycles. The van der Waals surface area contributed by atoms with Crippen molar-refractivity contribution in [1.82, 2.24) is 4.90 Å². The summed E-state index contributed by atoms with van der Waals surface area (Å²) in [7, 11) is 2.16. The molecule has 2 heterocycles. The number of aliphatic carboxylic acids is 1. The van der Waals surface area contributed by atoms with Crippen LogP contribution >= 0.6 is 11.9 Å². The van der Waals surface area contributed by atoms with E-state index in [-0.39, 0.29) is 12.5 Å². The van der Waals surface area contributed by atoms with Gasteiger partial charge < -0.3 is 24.4 Å². The summed E-state index contributed by atoms with van der Waals surface area (Å²) < 4.78 is 8.56. The predicted octanol–water partition coefficient (Wildman–Crippen LogP) is 8.39. The van der Waals surface area contributed by atoms with Crippen LogP contribution in [0.1, 0.15) is 40.7 Å². The fourth-order valence-corrected chi connectivity index (χ4v) is 7.34. The smallest absolute Gasteiger partial charge is 0.307 e. The minimum Gasteiger partial charge on any atom is -0.490 e. The highest BCUT2D eigenvalue weighted by atomic mass is 32.2. The number of nitrogens with zero attached hydrogens (tertiary/aromatic N) is 2. The second kappa shape index (κ2) is 12.6. The standard InChI is InChI=1S/C37H41N3O3S/c1-23-6-8-26(9-7-23)35-25(3)36-33-20-29(38-28-12-14-30(15-13-28)43-31-16-18-39(4)19-17-31)11-10-27(33)22-40(44-5)37(36)24(2)32(35)21-34(41)42/h6-15,20,31,38H,16-19,21-22H2,1-5H3,(H,41,42). The minimum atomic E-state index is -0.818. The van der Waals surface area contributed by atoms with Gasteiger partial charge in [-0.05, 0) is 116 Å². The Kier molecular flexibility index (Phi) is 8.61.